The topological polar surface area (TPSA) is 63.0 Å². The molecule has 5 nitrogen and oxygen atoms in total. The van der Waals surface area contributed by atoms with Gasteiger partial charge in [0.15, 0.2) is 6.17 Å². The van der Waals surface area contributed by atoms with Crippen LogP contribution in [-0.2, 0) is 0 Å². The maximum Gasteiger partial charge on any atom is 0.170 e. The molecule has 1 N–H and O–H groups in total. The lowest BCUT2D eigenvalue weighted by Gasteiger charge is -2.24. The van der Waals surface area contributed by atoms with Gasteiger partial charge in [-0.25, -0.2) is 9.98 Å². The molecule has 0 aliphatic carbocycles. The second-order valence-corrected chi connectivity index (χ2v) is 13.3. The lowest BCUT2D eigenvalue weighted by atomic mass is 9.95. The zero-order valence-corrected chi connectivity index (χ0v) is 27.9. The van der Waals surface area contributed by atoms with Gasteiger partial charge in [0.25, 0.3) is 0 Å². The number of para-hydroxylation sites is 2. The summed E-state index contributed by atoms with van der Waals surface area (Å²) in [7, 11) is 0. The molecule has 52 heavy (non-hydrogen) atoms. The van der Waals surface area contributed by atoms with Crippen LogP contribution in [0.5, 0.6) is 0 Å². The third-order valence-electron chi connectivity index (χ3n) is 10.3. The van der Waals surface area contributed by atoms with E-state index in [-0.39, 0.29) is 0 Å². The van der Waals surface area contributed by atoms with E-state index in [1.165, 1.54) is 10.8 Å². The fraction of sp³-hybridized carbons (Fsp3) is 0.0213. The molecule has 10 aromatic rings. The van der Waals surface area contributed by atoms with Crippen LogP contribution in [-0.4, -0.2) is 11.7 Å². The lowest BCUT2D eigenvalue weighted by molar-refractivity contribution is 0.667. The number of fused-ring (bicyclic) bond motifs is 9. The number of rotatable bonds is 4. The third-order valence-corrected chi connectivity index (χ3v) is 10.3. The number of nitrogens with zero attached hydrogens (tertiary/aromatic N) is 2. The Morgan fingerprint density at radius 1 is 0.423 bits per heavy atom. The third kappa shape index (κ3) is 4.42. The van der Waals surface area contributed by atoms with Gasteiger partial charge in [0, 0.05) is 43.8 Å². The minimum atomic E-state index is -0.533. The van der Waals surface area contributed by atoms with Crippen LogP contribution in [0.15, 0.2) is 183 Å². The fourth-order valence-electron chi connectivity index (χ4n) is 7.91. The summed E-state index contributed by atoms with van der Waals surface area (Å²) in [4.78, 5) is 10.7. The maximum atomic E-state index is 6.74. The smallest absolute Gasteiger partial charge is 0.170 e. The molecule has 0 fully saturated rings. The minimum Gasteiger partial charge on any atom is -0.456 e. The average molecular weight is 668 g/mol. The number of hydrogen-bond donors (Lipinski definition) is 1. The highest BCUT2D eigenvalue weighted by Crippen LogP contribution is 2.43. The summed E-state index contributed by atoms with van der Waals surface area (Å²) >= 11 is 0. The average Bonchev–Trinajstić information content (AvgIpc) is 3.79. The van der Waals surface area contributed by atoms with E-state index in [9.17, 15) is 0 Å². The van der Waals surface area contributed by atoms with Crippen LogP contribution in [0, 0.1) is 0 Å². The predicted octanol–water partition coefficient (Wildman–Crippen LogP) is 12.0. The van der Waals surface area contributed by atoms with Crippen molar-refractivity contribution in [1.29, 1.82) is 0 Å². The molecule has 1 aliphatic heterocycles. The van der Waals surface area contributed by atoms with Crippen molar-refractivity contribution in [3.8, 4) is 11.1 Å². The SMILES string of the molecule is c1ccc(C2=NC(c3ccc(-c4ccc5oc6ccccc6c5c4)c4oc5ccccc5c34)N=C(c3cc4ccccc4c4ccccc34)N2)cc1. The Kier molecular flexibility index (Phi) is 6.25. The second-order valence-electron chi connectivity index (χ2n) is 13.3. The Labute approximate surface area is 298 Å². The van der Waals surface area contributed by atoms with E-state index in [1.54, 1.807) is 0 Å². The Balaban J connectivity index is 1.15. The molecule has 0 amide bonds. The van der Waals surface area contributed by atoms with E-state index in [4.69, 9.17) is 18.8 Å². The lowest BCUT2D eigenvalue weighted by Crippen LogP contribution is -2.36. The standard InChI is InChI=1S/C47H29N3O2/c1-2-12-28(13-3-1)45-48-46(50-47(49-45)39-27-29-14-4-5-15-31(29)33-16-6-7-17-34(33)39)37-24-23-32(44-43(37)36-19-9-11-21-41(36)52-44)30-22-25-42-38(26-30)35-18-8-10-20-40(35)51-42/h1-27,46H,(H,48,49,50). The molecule has 1 aliphatic rings. The minimum absolute atomic E-state index is 0.533. The van der Waals surface area contributed by atoms with Crippen LogP contribution in [0.4, 0.5) is 0 Å². The summed E-state index contributed by atoms with van der Waals surface area (Å²) in [6, 6.07) is 56.8. The van der Waals surface area contributed by atoms with Crippen LogP contribution in [0.3, 0.4) is 0 Å². The van der Waals surface area contributed by atoms with Crippen molar-refractivity contribution in [3.05, 3.63) is 180 Å². The van der Waals surface area contributed by atoms with E-state index in [0.29, 0.717) is 0 Å². The molecule has 0 bridgehead atoms. The molecule has 1 atom stereocenters. The molecule has 5 heteroatoms. The summed E-state index contributed by atoms with van der Waals surface area (Å²) in [6.07, 6.45) is -0.533. The van der Waals surface area contributed by atoms with Gasteiger partial charge in [0.05, 0.1) is 0 Å². The Bertz CT molecular complexity index is 3110. The molecule has 0 spiro atoms. The molecule has 8 aromatic carbocycles. The van der Waals surface area contributed by atoms with Crippen molar-refractivity contribution in [3.63, 3.8) is 0 Å². The van der Waals surface area contributed by atoms with Crippen molar-refractivity contribution in [2.75, 3.05) is 0 Å². The van der Waals surface area contributed by atoms with Crippen LogP contribution < -0.4 is 5.32 Å². The van der Waals surface area contributed by atoms with Gasteiger partial charge in [-0.15, -0.1) is 0 Å². The highest BCUT2D eigenvalue weighted by Gasteiger charge is 2.26. The zero-order chi connectivity index (χ0) is 34.2. The Morgan fingerprint density at radius 3 is 1.92 bits per heavy atom. The predicted molar refractivity (Wildman–Crippen MR) is 213 cm³/mol. The Morgan fingerprint density at radius 2 is 1.08 bits per heavy atom. The van der Waals surface area contributed by atoms with Crippen LogP contribution in [0.25, 0.3) is 76.5 Å². The maximum absolute atomic E-state index is 6.74. The first-order valence-electron chi connectivity index (χ1n) is 17.5. The van der Waals surface area contributed by atoms with Crippen LogP contribution >= 0.6 is 0 Å². The van der Waals surface area contributed by atoms with E-state index in [1.807, 2.05) is 42.5 Å². The molecule has 1 unspecified atom stereocenters. The van der Waals surface area contributed by atoms with Gasteiger partial charge in [-0.1, -0.05) is 133 Å². The van der Waals surface area contributed by atoms with Gasteiger partial charge in [0.2, 0.25) is 0 Å². The summed E-state index contributed by atoms with van der Waals surface area (Å²) < 4.78 is 12.9. The van der Waals surface area contributed by atoms with Gasteiger partial charge < -0.3 is 14.2 Å². The quantitative estimate of drug-likeness (QED) is 0.190. The van der Waals surface area contributed by atoms with Gasteiger partial charge in [-0.05, 0) is 57.4 Å². The molecule has 3 heterocycles. The number of benzene rings is 8. The molecule has 244 valence electrons. The van der Waals surface area contributed by atoms with Crippen molar-refractivity contribution in [1.82, 2.24) is 5.32 Å². The van der Waals surface area contributed by atoms with E-state index in [2.05, 4.69) is 127 Å². The normalized spacial score (nSPS) is 14.7. The summed E-state index contributed by atoms with van der Waals surface area (Å²) in [5.41, 5.74) is 8.46. The van der Waals surface area contributed by atoms with Crippen molar-refractivity contribution in [2.24, 2.45) is 9.98 Å². The fourth-order valence-corrected chi connectivity index (χ4v) is 7.91. The van der Waals surface area contributed by atoms with Crippen LogP contribution in [0.1, 0.15) is 22.9 Å². The largest absolute Gasteiger partial charge is 0.456 e. The van der Waals surface area contributed by atoms with Crippen molar-refractivity contribution >= 4 is 77.1 Å². The first-order valence-corrected chi connectivity index (χ1v) is 17.5. The summed E-state index contributed by atoms with van der Waals surface area (Å²) in [5, 5.41) is 12.6. The van der Waals surface area contributed by atoms with Gasteiger partial charge >= 0.3 is 0 Å². The molecule has 0 saturated heterocycles. The monoisotopic (exact) mass is 667 g/mol. The number of nitrogens with one attached hydrogen (secondary N) is 1. The summed E-state index contributed by atoms with van der Waals surface area (Å²) in [5.74, 6) is 1.55. The number of aliphatic imine (C=N–C) groups is 2. The molecular weight excluding hydrogens is 639 g/mol. The molecule has 0 radical (unpaired) electrons. The summed E-state index contributed by atoms with van der Waals surface area (Å²) in [6.45, 7) is 0. The molecular formula is C47H29N3O2. The highest BCUT2D eigenvalue weighted by molar-refractivity contribution is 6.24. The van der Waals surface area contributed by atoms with Gasteiger partial charge in [0.1, 0.15) is 34.0 Å². The first-order chi connectivity index (χ1) is 25.8. The van der Waals surface area contributed by atoms with Gasteiger partial charge in [-0.2, -0.15) is 0 Å². The Hall–Kier alpha value is -6.98. The highest BCUT2D eigenvalue weighted by atomic mass is 16.3. The number of furan rings is 2. The zero-order valence-electron chi connectivity index (χ0n) is 27.9. The van der Waals surface area contributed by atoms with E-state index in [0.717, 1.165) is 94.1 Å². The van der Waals surface area contributed by atoms with Crippen molar-refractivity contribution in [2.45, 2.75) is 6.17 Å². The second kappa shape index (κ2) is 11.3. The molecule has 11 rings (SSSR count). The number of amidine groups is 2. The van der Waals surface area contributed by atoms with Gasteiger partial charge in [-0.3, -0.25) is 0 Å². The molecule has 2 aromatic heterocycles. The van der Waals surface area contributed by atoms with E-state index >= 15 is 0 Å². The molecule has 0 saturated carbocycles. The van der Waals surface area contributed by atoms with E-state index < -0.39 is 6.17 Å². The van der Waals surface area contributed by atoms with Crippen LogP contribution in [0.2, 0.25) is 0 Å². The number of hydrogen-bond acceptors (Lipinski definition) is 5. The van der Waals surface area contributed by atoms with Crippen molar-refractivity contribution < 1.29 is 8.83 Å². The first kappa shape index (κ1) is 28.8.